The Balaban J connectivity index is 2.21. The van der Waals surface area contributed by atoms with Crippen molar-refractivity contribution in [3.8, 4) is 0 Å². The molecule has 0 amide bonds. The summed E-state index contributed by atoms with van der Waals surface area (Å²) < 4.78 is 26.0. The maximum atomic E-state index is 12.3. The van der Waals surface area contributed by atoms with Gasteiger partial charge in [-0.25, -0.2) is 8.42 Å². The molecule has 4 nitrogen and oxygen atoms in total. The predicted octanol–water partition coefficient (Wildman–Crippen LogP) is 3.16. The highest BCUT2D eigenvalue weighted by Gasteiger charge is 2.48. The Morgan fingerprint density at radius 1 is 1.22 bits per heavy atom. The van der Waals surface area contributed by atoms with Gasteiger partial charge in [0.25, 0.3) is 0 Å². The van der Waals surface area contributed by atoms with Crippen molar-refractivity contribution in [2.75, 3.05) is 12.8 Å². The summed E-state index contributed by atoms with van der Waals surface area (Å²) in [7, 11) is -3.32. The van der Waals surface area contributed by atoms with Gasteiger partial charge < -0.3 is 0 Å². The molecular weight excluding hydrogens is 308 g/mol. The maximum Gasteiger partial charge on any atom is 0.232 e. The van der Waals surface area contributed by atoms with Crippen LogP contribution in [-0.2, 0) is 10.0 Å². The van der Waals surface area contributed by atoms with E-state index in [1.54, 1.807) is 0 Å². The average Bonchev–Trinajstić information content (AvgIpc) is 2.94. The normalized spacial score (nSPS) is 26.1. The summed E-state index contributed by atoms with van der Waals surface area (Å²) in [5, 5.41) is 0. The van der Waals surface area contributed by atoms with Gasteiger partial charge in [0, 0.05) is 18.7 Å². The molecule has 1 aromatic carbocycles. The molecule has 122 valence electrons. The molecule has 2 aliphatic heterocycles. The summed E-state index contributed by atoms with van der Waals surface area (Å²) in [4.78, 5) is 4.82. The van der Waals surface area contributed by atoms with Crippen LogP contribution in [0.3, 0.4) is 0 Å². The quantitative estimate of drug-likeness (QED) is 0.836. The number of hydrogen-bond acceptors (Lipinski definition) is 3. The van der Waals surface area contributed by atoms with Crippen LogP contribution in [0.25, 0.3) is 6.08 Å². The third kappa shape index (κ3) is 2.63. The van der Waals surface area contributed by atoms with E-state index in [-0.39, 0.29) is 0 Å². The van der Waals surface area contributed by atoms with E-state index in [4.69, 9.17) is 4.99 Å². The Bertz CT molecular complexity index is 850. The second-order valence-electron chi connectivity index (χ2n) is 6.41. The van der Waals surface area contributed by atoms with Crippen LogP contribution in [0, 0.1) is 6.92 Å². The third-order valence-corrected chi connectivity index (χ3v) is 5.88. The highest BCUT2D eigenvalue weighted by Crippen LogP contribution is 2.46. The second-order valence-corrected chi connectivity index (χ2v) is 8.32. The molecule has 1 saturated heterocycles. The van der Waals surface area contributed by atoms with E-state index >= 15 is 0 Å². The van der Waals surface area contributed by atoms with Crippen molar-refractivity contribution < 1.29 is 8.42 Å². The Hall–Kier alpha value is -1.88. The van der Waals surface area contributed by atoms with E-state index in [9.17, 15) is 8.42 Å². The number of benzene rings is 1. The van der Waals surface area contributed by atoms with Crippen molar-refractivity contribution in [3.05, 3.63) is 52.7 Å². The van der Waals surface area contributed by atoms with Gasteiger partial charge in [-0.2, -0.15) is 0 Å². The van der Waals surface area contributed by atoms with E-state index in [1.807, 2.05) is 51.1 Å². The summed E-state index contributed by atoms with van der Waals surface area (Å²) in [6, 6.07) is 8.00. The van der Waals surface area contributed by atoms with Gasteiger partial charge in [-0.1, -0.05) is 24.3 Å². The van der Waals surface area contributed by atoms with Crippen molar-refractivity contribution in [1.29, 1.82) is 0 Å². The molecule has 2 heterocycles. The fourth-order valence-corrected chi connectivity index (χ4v) is 4.50. The van der Waals surface area contributed by atoms with Gasteiger partial charge in [0.1, 0.15) is 5.54 Å². The minimum absolute atomic E-state index is 0.471. The van der Waals surface area contributed by atoms with Crippen molar-refractivity contribution in [2.45, 2.75) is 32.7 Å². The third-order valence-electron chi connectivity index (χ3n) is 4.70. The first-order valence-corrected chi connectivity index (χ1v) is 9.60. The van der Waals surface area contributed by atoms with Gasteiger partial charge in [-0.05, 0) is 49.6 Å². The van der Waals surface area contributed by atoms with E-state index in [1.165, 1.54) is 10.6 Å². The fourth-order valence-electron chi connectivity index (χ4n) is 3.52. The zero-order valence-electron chi connectivity index (χ0n) is 14.0. The molecule has 0 bridgehead atoms. The fraction of sp³-hybridized carbons (Fsp3) is 0.389. The van der Waals surface area contributed by atoms with Crippen LogP contribution in [0.5, 0.6) is 0 Å². The zero-order valence-corrected chi connectivity index (χ0v) is 14.8. The molecule has 23 heavy (non-hydrogen) atoms. The summed E-state index contributed by atoms with van der Waals surface area (Å²) in [6.07, 6.45) is 6.00. The van der Waals surface area contributed by atoms with Gasteiger partial charge >= 0.3 is 0 Å². The number of aryl methyl sites for hydroxylation is 1. The van der Waals surface area contributed by atoms with Crippen molar-refractivity contribution >= 4 is 21.8 Å². The van der Waals surface area contributed by atoms with E-state index in [0.717, 1.165) is 28.1 Å². The lowest BCUT2D eigenvalue weighted by Crippen LogP contribution is -2.32. The molecule has 1 atom stereocenters. The molecule has 2 aliphatic rings. The molecule has 1 fully saturated rings. The monoisotopic (exact) mass is 330 g/mol. The average molecular weight is 330 g/mol. The minimum atomic E-state index is -3.32. The first kappa shape index (κ1) is 16.0. The first-order chi connectivity index (χ1) is 10.7. The van der Waals surface area contributed by atoms with Gasteiger partial charge in [0.15, 0.2) is 0 Å². The van der Waals surface area contributed by atoms with E-state index < -0.39 is 15.6 Å². The van der Waals surface area contributed by atoms with Crippen LogP contribution in [0.1, 0.15) is 31.4 Å². The Labute approximate surface area is 138 Å². The molecule has 0 aliphatic carbocycles. The van der Waals surface area contributed by atoms with Gasteiger partial charge in [-0.3, -0.25) is 9.30 Å². The highest BCUT2D eigenvalue weighted by molar-refractivity contribution is 7.88. The van der Waals surface area contributed by atoms with Crippen molar-refractivity contribution in [3.63, 3.8) is 0 Å². The number of aliphatic imine (C=N–C) groups is 1. The lowest BCUT2D eigenvalue weighted by atomic mass is 9.87. The highest BCUT2D eigenvalue weighted by atomic mass is 32.2. The summed E-state index contributed by atoms with van der Waals surface area (Å²) in [5.74, 6) is 0. The molecule has 3 rings (SSSR count). The topological polar surface area (TPSA) is 49.7 Å². The molecule has 1 spiro atoms. The molecule has 1 aromatic rings. The predicted molar refractivity (Wildman–Crippen MR) is 94.9 cm³/mol. The smallest absolute Gasteiger partial charge is 0.232 e. The summed E-state index contributed by atoms with van der Waals surface area (Å²) in [5.41, 5.74) is 4.45. The van der Waals surface area contributed by atoms with Crippen LogP contribution in [0.4, 0.5) is 0 Å². The van der Waals surface area contributed by atoms with E-state index in [2.05, 4.69) is 6.08 Å². The van der Waals surface area contributed by atoms with Crippen LogP contribution in [-0.4, -0.2) is 36.8 Å². The lowest BCUT2D eigenvalue weighted by Gasteiger charge is -2.27. The number of sulfonamides is 1. The Morgan fingerprint density at radius 3 is 2.48 bits per heavy atom. The molecule has 0 aromatic heterocycles. The van der Waals surface area contributed by atoms with Crippen LogP contribution >= 0.6 is 0 Å². The molecule has 0 N–H and O–H groups in total. The zero-order chi connectivity index (χ0) is 16.8. The minimum Gasteiger partial charge on any atom is -0.273 e. The Kier molecular flexibility index (Phi) is 3.71. The molecular formula is C18H22N2O2S. The van der Waals surface area contributed by atoms with Crippen LogP contribution in [0.15, 0.2) is 46.6 Å². The number of rotatable bonds is 2. The second kappa shape index (κ2) is 5.34. The Morgan fingerprint density at radius 2 is 1.91 bits per heavy atom. The molecule has 5 heteroatoms. The van der Waals surface area contributed by atoms with Gasteiger partial charge in [-0.15, -0.1) is 0 Å². The standard InChI is InChI=1S/C18H22N2O2S/c1-13-7-5-6-8-16(13)12-17-18(14(2)11-15(3)19-18)9-10-20(17)23(4,21)22/h5-8,11-12H,9-10H2,1-4H3/b17-12+/t18-/m1/s1. The SMILES string of the molecule is CC1=CC(C)=N[C@]12CCN(S(C)(=O)=O)/C2=C/c1ccccc1C. The van der Waals surface area contributed by atoms with E-state index in [0.29, 0.717) is 13.0 Å². The molecule has 0 unspecified atom stereocenters. The van der Waals surface area contributed by atoms with Gasteiger partial charge in [0.2, 0.25) is 10.0 Å². The summed E-state index contributed by atoms with van der Waals surface area (Å²) >= 11 is 0. The van der Waals surface area contributed by atoms with Crippen molar-refractivity contribution in [1.82, 2.24) is 4.31 Å². The number of hydrogen-bond donors (Lipinski definition) is 0. The largest absolute Gasteiger partial charge is 0.273 e. The first-order valence-electron chi connectivity index (χ1n) is 7.75. The number of nitrogens with zero attached hydrogens (tertiary/aromatic N) is 2. The van der Waals surface area contributed by atoms with Crippen LogP contribution < -0.4 is 0 Å². The lowest BCUT2D eigenvalue weighted by molar-refractivity contribution is 0.515. The van der Waals surface area contributed by atoms with Crippen LogP contribution in [0.2, 0.25) is 0 Å². The summed E-state index contributed by atoms with van der Waals surface area (Å²) in [6.45, 7) is 6.51. The maximum absolute atomic E-state index is 12.3. The molecule has 0 radical (unpaired) electrons. The number of allylic oxidation sites excluding steroid dienone is 1. The molecule has 0 saturated carbocycles. The van der Waals surface area contributed by atoms with Gasteiger partial charge in [0.05, 0.1) is 12.0 Å². The van der Waals surface area contributed by atoms with Crippen molar-refractivity contribution in [2.24, 2.45) is 4.99 Å².